The Bertz CT molecular complexity index is 621. The van der Waals surface area contributed by atoms with Crippen LogP contribution in [0.2, 0.25) is 0 Å². The summed E-state index contributed by atoms with van der Waals surface area (Å²) in [5.74, 6) is 2.12. The molecule has 1 aromatic rings. The van der Waals surface area contributed by atoms with Crippen LogP contribution in [-0.4, -0.2) is 47.4 Å². The highest BCUT2D eigenvalue weighted by atomic mass is 127. The van der Waals surface area contributed by atoms with Crippen LogP contribution in [0.3, 0.4) is 0 Å². The number of benzene rings is 1. The van der Waals surface area contributed by atoms with Crippen molar-refractivity contribution in [3.05, 3.63) is 29.8 Å². The molecule has 1 saturated heterocycles. The van der Waals surface area contributed by atoms with E-state index in [-0.39, 0.29) is 34.6 Å². The molecule has 0 aliphatic carbocycles. The Morgan fingerprint density at radius 1 is 1.38 bits per heavy atom. The number of aliphatic imine (C=N–C) groups is 1. The molecule has 1 aliphatic rings. The van der Waals surface area contributed by atoms with Gasteiger partial charge in [-0.2, -0.15) is 11.8 Å². The Hall–Kier alpha value is -0.960. The zero-order valence-corrected chi connectivity index (χ0v) is 19.3. The number of halogens is 1. The normalized spacial score (nSPS) is 16.6. The summed E-state index contributed by atoms with van der Waals surface area (Å²) in [4.78, 5) is 18.5. The second-order valence-electron chi connectivity index (χ2n) is 6.93. The summed E-state index contributed by atoms with van der Waals surface area (Å²) in [5.41, 5.74) is 1.98. The Morgan fingerprint density at radius 3 is 2.81 bits per heavy atom. The van der Waals surface area contributed by atoms with Crippen LogP contribution >= 0.6 is 35.7 Å². The van der Waals surface area contributed by atoms with E-state index in [0.29, 0.717) is 13.0 Å². The summed E-state index contributed by atoms with van der Waals surface area (Å²) in [7, 11) is 1.83. The van der Waals surface area contributed by atoms with Crippen molar-refractivity contribution in [2.45, 2.75) is 44.9 Å². The molecule has 26 heavy (non-hydrogen) atoms. The van der Waals surface area contributed by atoms with Gasteiger partial charge in [-0.25, -0.2) is 0 Å². The van der Waals surface area contributed by atoms with Crippen molar-refractivity contribution in [2.75, 3.05) is 31.2 Å². The van der Waals surface area contributed by atoms with Gasteiger partial charge in [0.05, 0.1) is 0 Å². The number of thioether (sulfide) groups is 1. The van der Waals surface area contributed by atoms with Gasteiger partial charge < -0.3 is 15.5 Å². The van der Waals surface area contributed by atoms with Crippen molar-refractivity contribution < 1.29 is 4.79 Å². The van der Waals surface area contributed by atoms with Gasteiger partial charge >= 0.3 is 0 Å². The Kier molecular flexibility index (Phi) is 9.78. The van der Waals surface area contributed by atoms with E-state index < -0.39 is 0 Å². The summed E-state index contributed by atoms with van der Waals surface area (Å²) in [5, 5.41) is 6.40. The SMILES string of the molecule is CCCC(=O)Nc1cccc(CNC(=NC)N2CCSC(C)(C)C2)c1.I. The van der Waals surface area contributed by atoms with Crippen LogP contribution in [0.4, 0.5) is 5.69 Å². The van der Waals surface area contributed by atoms with Crippen LogP contribution < -0.4 is 10.6 Å². The molecule has 1 aromatic carbocycles. The van der Waals surface area contributed by atoms with Gasteiger partial charge in [0, 0.05) is 49.3 Å². The average molecular weight is 490 g/mol. The number of nitrogens with zero attached hydrogens (tertiary/aromatic N) is 2. The van der Waals surface area contributed by atoms with Gasteiger partial charge in [0.1, 0.15) is 0 Å². The topological polar surface area (TPSA) is 56.7 Å². The van der Waals surface area contributed by atoms with Gasteiger partial charge in [-0.05, 0) is 38.0 Å². The molecule has 0 radical (unpaired) electrons. The van der Waals surface area contributed by atoms with Crippen LogP contribution in [0, 0.1) is 0 Å². The summed E-state index contributed by atoms with van der Waals surface area (Å²) < 4.78 is 0.249. The van der Waals surface area contributed by atoms with Crippen molar-refractivity contribution in [3.8, 4) is 0 Å². The number of anilines is 1. The largest absolute Gasteiger partial charge is 0.352 e. The van der Waals surface area contributed by atoms with E-state index >= 15 is 0 Å². The molecule has 2 rings (SSSR count). The highest BCUT2D eigenvalue weighted by Crippen LogP contribution is 2.29. The predicted molar refractivity (Wildman–Crippen MR) is 124 cm³/mol. The van der Waals surface area contributed by atoms with Crippen molar-refractivity contribution in [3.63, 3.8) is 0 Å². The number of amides is 1. The molecule has 1 aliphatic heterocycles. The summed E-state index contributed by atoms with van der Waals surface area (Å²) >= 11 is 2.01. The Morgan fingerprint density at radius 2 is 2.15 bits per heavy atom. The minimum absolute atomic E-state index is 0. The third-order valence-corrected chi connectivity index (χ3v) is 5.37. The smallest absolute Gasteiger partial charge is 0.224 e. The molecule has 0 aromatic heterocycles. The number of carbonyl (C=O) groups excluding carboxylic acids is 1. The molecule has 0 saturated carbocycles. The molecule has 5 nitrogen and oxygen atoms in total. The highest BCUT2D eigenvalue weighted by molar-refractivity contribution is 14.0. The zero-order valence-electron chi connectivity index (χ0n) is 16.2. The molecule has 146 valence electrons. The quantitative estimate of drug-likeness (QED) is 0.373. The highest BCUT2D eigenvalue weighted by Gasteiger charge is 2.28. The lowest BCUT2D eigenvalue weighted by molar-refractivity contribution is -0.116. The minimum Gasteiger partial charge on any atom is -0.352 e. The monoisotopic (exact) mass is 490 g/mol. The number of carbonyl (C=O) groups is 1. The molecule has 0 unspecified atom stereocenters. The van der Waals surface area contributed by atoms with Crippen molar-refractivity contribution in [2.24, 2.45) is 4.99 Å². The second kappa shape index (κ2) is 11.0. The summed E-state index contributed by atoms with van der Waals surface area (Å²) in [6, 6.07) is 7.98. The first-order valence-corrected chi connectivity index (χ1v) is 9.90. The van der Waals surface area contributed by atoms with Crippen molar-refractivity contribution in [1.82, 2.24) is 10.2 Å². The third kappa shape index (κ3) is 7.34. The first-order chi connectivity index (χ1) is 11.9. The molecular formula is C19H31IN4OS. The number of nitrogens with one attached hydrogen (secondary N) is 2. The molecule has 0 bridgehead atoms. The first kappa shape index (κ1) is 23.1. The van der Waals surface area contributed by atoms with Crippen LogP contribution in [0.25, 0.3) is 0 Å². The van der Waals surface area contributed by atoms with Gasteiger partial charge in [0.25, 0.3) is 0 Å². The zero-order chi connectivity index (χ0) is 18.3. The molecule has 2 N–H and O–H groups in total. The van der Waals surface area contributed by atoms with Crippen LogP contribution in [0.1, 0.15) is 39.2 Å². The first-order valence-electron chi connectivity index (χ1n) is 8.92. The number of guanidine groups is 1. The maximum atomic E-state index is 11.7. The third-order valence-electron chi connectivity index (χ3n) is 4.08. The minimum atomic E-state index is 0. The Balaban J connectivity index is 0.00000338. The maximum absolute atomic E-state index is 11.7. The fraction of sp³-hybridized carbons (Fsp3) is 0.579. The summed E-state index contributed by atoms with van der Waals surface area (Å²) in [6.45, 7) is 9.25. The molecule has 1 heterocycles. The van der Waals surface area contributed by atoms with E-state index in [4.69, 9.17) is 0 Å². The lowest BCUT2D eigenvalue weighted by Gasteiger charge is -2.39. The number of hydrogen-bond donors (Lipinski definition) is 2. The van der Waals surface area contributed by atoms with Crippen LogP contribution in [0.15, 0.2) is 29.3 Å². The molecule has 1 fully saturated rings. The lowest BCUT2D eigenvalue weighted by atomic mass is 10.2. The van der Waals surface area contributed by atoms with E-state index in [0.717, 1.165) is 42.5 Å². The van der Waals surface area contributed by atoms with E-state index in [2.05, 4.69) is 40.4 Å². The van der Waals surface area contributed by atoms with Gasteiger partial charge in [-0.3, -0.25) is 9.79 Å². The van der Waals surface area contributed by atoms with Crippen LogP contribution in [0.5, 0.6) is 0 Å². The molecule has 1 amide bonds. The van der Waals surface area contributed by atoms with E-state index in [1.165, 1.54) is 0 Å². The van der Waals surface area contributed by atoms with Gasteiger partial charge in [-0.15, -0.1) is 24.0 Å². The summed E-state index contributed by atoms with van der Waals surface area (Å²) in [6.07, 6.45) is 1.41. The lowest BCUT2D eigenvalue weighted by Crippen LogP contribution is -2.50. The maximum Gasteiger partial charge on any atom is 0.224 e. The molecule has 0 spiro atoms. The van der Waals surface area contributed by atoms with Gasteiger partial charge in [-0.1, -0.05) is 19.1 Å². The van der Waals surface area contributed by atoms with E-state index in [1.807, 2.05) is 43.9 Å². The van der Waals surface area contributed by atoms with E-state index in [1.54, 1.807) is 0 Å². The Labute approximate surface area is 178 Å². The standard InChI is InChI=1S/C19H30N4OS.HI/c1-5-7-17(24)22-16-9-6-8-15(12-16)13-21-18(20-4)23-10-11-25-19(2,3)14-23;/h6,8-9,12H,5,7,10-11,13-14H2,1-4H3,(H,20,21)(H,22,24);1H. The fourth-order valence-corrected chi connectivity index (χ4v) is 4.03. The van der Waals surface area contributed by atoms with E-state index in [9.17, 15) is 4.79 Å². The van der Waals surface area contributed by atoms with Crippen molar-refractivity contribution >= 4 is 53.3 Å². The molecule has 7 heteroatoms. The molecule has 0 atom stereocenters. The average Bonchev–Trinajstić information content (AvgIpc) is 2.55. The predicted octanol–water partition coefficient (Wildman–Crippen LogP) is 3.95. The number of hydrogen-bond acceptors (Lipinski definition) is 3. The van der Waals surface area contributed by atoms with Crippen LogP contribution in [-0.2, 0) is 11.3 Å². The van der Waals surface area contributed by atoms with Crippen molar-refractivity contribution in [1.29, 1.82) is 0 Å². The molecular weight excluding hydrogens is 459 g/mol. The van der Waals surface area contributed by atoms with Gasteiger partial charge in [0.2, 0.25) is 5.91 Å². The number of rotatable bonds is 5. The fourth-order valence-electron chi connectivity index (χ4n) is 2.92. The van der Waals surface area contributed by atoms with Gasteiger partial charge in [0.15, 0.2) is 5.96 Å². The second-order valence-corrected chi connectivity index (χ2v) is 8.73.